The predicted octanol–water partition coefficient (Wildman–Crippen LogP) is 3.77. The van der Waals surface area contributed by atoms with Crippen molar-refractivity contribution in [2.24, 2.45) is 0 Å². The van der Waals surface area contributed by atoms with Crippen LogP contribution >= 0.6 is 22.6 Å². The third kappa shape index (κ3) is 2.96. The molecule has 0 spiro atoms. The van der Waals surface area contributed by atoms with Gasteiger partial charge in [0.2, 0.25) is 0 Å². The number of ketones is 1. The summed E-state index contributed by atoms with van der Waals surface area (Å²) >= 11 is 2.09. The van der Waals surface area contributed by atoms with E-state index < -0.39 is 11.6 Å². The molecule has 0 unspecified atom stereocenters. The van der Waals surface area contributed by atoms with Crippen LogP contribution in [-0.2, 0) is 0 Å². The molecular formula is C16H10F2IN3O. The van der Waals surface area contributed by atoms with E-state index in [1.165, 1.54) is 6.07 Å². The van der Waals surface area contributed by atoms with Crippen LogP contribution in [0.4, 0.5) is 14.6 Å². The van der Waals surface area contributed by atoms with Crippen LogP contribution in [0, 0.1) is 15.2 Å². The number of nitrogens with one attached hydrogen (secondary N) is 1. The van der Waals surface area contributed by atoms with Crippen molar-refractivity contribution in [3.8, 4) is 11.3 Å². The number of nitrogens with two attached hydrogens (primary N) is 1. The molecule has 0 saturated heterocycles. The zero-order valence-electron chi connectivity index (χ0n) is 11.6. The van der Waals surface area contributed by atoms with E-state index in [1.54, 1.807) is 18.2 Å². The molecule has 0 saturated carbocycles. The highest BCUT2D eigenvalue weighted by Crippen LogP contribution is 2.30. The number of anilines is 1. The van der Waals surface area contributed by atoms with Gasteiger partial charge in [-0.2, -0.15) is 5.10 Å². The Kier molecular flexibility index (Phi) is 4.12. The summed E-state index contributed by atoms with van der Waals surface area (Å²) in [5, 5.41) is 6.35. The fourth-order valence-electron chi connectivity index (χ4n) is 2.25. The topological polar surface area (TPSA) is 71.8 Å². The molecule has 3 rings (SSSR count). The standard InChI is InChI=1S/C16H10F2IN3O/c17-9-4-5-11(12(18)7-9)14-13(16(20)22-21-14)15(23)8-2-1-3-10(19)6-8/h1-7H,(H3,20,21,22). The number of hydrogen-bond donors (Lipinski definition) is 2. The first-order chi connectivity index (χ1) is 11.0. The van der Waals surface area contributed by atoms with Crippen LogP contribution in [0.3, 0.4) is 0 Å². The van der Waals surface area contributed by atoms with Crippen LogP contribution in [0.15, 0.2) is 42.5 Å². The number of halogens is 3. The summed E-state index contributed by atoms with van der Waals surface area (Å²) in [7, 11) is 0. The number of carbonyl (C=O) groups is 1. The molecule has 0 radical (unpaired) electrons. The Morgan fingerprint density at radius 2 is 1.96 bits per heavy atom. The molecular weight excluding hydrogens is 415 g/mol. The molecule has 0 fully saturated rings. The number of benzene rings is 2. The first-order valence-electron chi connectivity index (χ1n) is 6.57. The number of hydrogen-bond acceptors (Lipinski definition) is 3. The van der Waals surface area contributed by atoms with E-state index in [0.717, 1.165) is 15.7 Å². The third-order valence-electron chi connectivity index (χ3n) is 3.31. The van der Waals surface area contributed by atoms with Crippen LogP contribution in [0.5, 0.6) is 0 Å². The van der Waals surface area contributed by atoms with Crippen LogP contribution in [0.25, 0.3) is 11.3 Å². The minimum absolute atomic E-state index is 0.0320. The maximum Gasteiger partial charge on any atom is 0.199 e. The molecule has 3 aromatic rings. The van der Waals surface area contributed by atoms with Gasteiger partial charge < -0.3 is 5.73 Å². The zero-order chi connectivity index (χ0) is 16.6. The number of aromatic nitrogens is 2. The highest BCUT2D eigenvalue weighted by atomic mass is 127. The van der Waals surface area contributed by atoms with E-state index in [0.29, 0.717) is 5.56 Å². The van der Waals surface area contributed by atoms with Crippen LogP contribution in [0.1, 0.15) is 15.9 Å². The van der Waals surface area contributed by atoms with Crippen molar-refractivity contribution in [3.05, 3.63) is 68.8 Å². The Hall–Kier alpha value is -2.29. The molecule has 3 N–H and O–H groups in total. The second-order valence-electron chi connectivity index (χ2n) is 4.82. The first-order valence-corrected chi connectivity index (χ1v) is 7.65. The molecule has 7 heteroatoms. The smallest absolute Gasteiger partial charge is 0.199 e. The van der Waals surface area contributed by atoms with Crippen LogP contribution in [-0.4, -0.2) is 16.0 Å². The van der Waals surface area contributed by atoms with E-state index in [-0.39, 0.29) is 28.4 Å². The van der Waals surface area contributed by atoms with Gasteiger partial charge in [-0.15, -0.1) is 0 Å². The number of aromatic amines is 1. The molecule has 1 aromatic heterocycles. The van der Waals surface area contributed by atoms with Gasteiger partial charge >= 0.3 is 0 Å². The molecule has 0 aliphatic carbocycles. The highest BCUT2D eigenvalue weighted by Gasteiger charge is 2.23. The lowest BCUT2D eigenvalue weighted by Gasteiger charge is -2.06. The quantitative estimate of drug-likeness (QED) is 0.496. The SMILES string of the molecule is Nc1n[nH]c(-c2ccc(F)cc2F)c1C(=O)c1cccc(I)c1. The largest absolute Gasteiger partial charge is 0.382 e. The van der Waals surface area contributed by atoms with Gasteiger partial charge in [-0.25, -0.2) is 8.78 Å². The molecule has 0 amide bonds. The summed E-state index contributed by atoms with van der Waals surface area (Å²) in [5.41, 5.74) is 6.41. The number of rotatable bonds is 3. The minimum atomic E-state index is -0.801. The molecule has 2 aromatic carbocycles. The van der Waals surface area contributed by atoms with E-state index in [1.807, 2.05) is 6.07 Å². The highest BCUT2D eigenvalue weighted by molar-refractivity contribution is 14.1. The van der Waals surface area contributed by atoms with Gasteiger partial charge in [0.1, 0.15) is 11.6 Å². The summed E-state index contributed by atoms with van der Waals surface area (Å²) in [6, 6.07) is 10.0. The Morgan fingerprint density at radius 1 is 1.17 bits per heavy atom. The molecule has 0 atom stereocenters. The second kappa shape index (κ2) is 6.07. The van der Waals surface area contributed by atoms with E-state index in [4.69, 9.17) is 5.73 Å². The Labute approximate surface area is 143 Å². The molecule has 4 nitrogen and oxygen atoms in total. The number of carbonyl (C=O) groups excluding carboxylic acids is 1. The fourth-order valence-corrected chi connectivity index (χ4v) is 2.79. The summed E-state index contributed by atoms with van der Waals surface area (Å²) in [5.74, 6) is -1.92. The van der Waals surface area contributed by atoms with Crippen LogP contribution < -0.4 is 5.73 Å². The molecule has 23 heavy (non-hydrogen) atoms. The number of nitrogens with zero attached hydrogens (tertiary/aromatic N) is 1. The average Bonchev–Trinajstić information content (AvgIpc) is 2.88. The van der Waals surface area contributed by atoms with Gasteiger partial charge in [0.25, 0.3) is 0 Å². The first kappa shape index (κ1) is 15.6. The normalized spacial score (nSPS) is 10.7. The van der Waals surface area contributed by atoms with Crippen LogP contribution in [0.2, 0.25) is 0 Å². The van der Waals surface area contributed by atoms with Crippen molar-refractivity contribution in [2.75, 3.05) is 5.73 Å². The van der Waals surface area contributed by atoms with Gasteiger partial charge in [-0.1, -0.05) is 12.1 Å². The Morgan fingerprint density at radius 3 is 2.65 bits per heavy atom. The van der Waals surface area contributed by atoms with Crippen molar-refractivity contribution in [2.45, 2.75) is 0 Å². The second-order valence-corrected chi connectivity index (χ2v) is 6.07. The maximum atomic E-state index is 14.0. The Balaban J connectivity index is 2.14. The number of H-pyrrole nitrogens is 1. The lowest BCUT2D eigenvalue weighted by molar-refractivity contribution is 0.104. The van der Waals surface area contributed by atoms with Gasteiger partial charge in [0.15, 0.2) is 11.6 Å². The Bertz CT molecular complexity index is 908. The van der Waals surface area contributed by atoms with E-state index in [9.17, 15) is 13.6 Å². The van der Waals surface area contributed by atoms with Crippen molar-refractivity contribution in [1.29, 1.82) is 0 Å². The summed E-state index contributed by atoms with van der Waals surface area (Å²) in [6.07, 6.45) is 0. The molecule has 0 aliphatic rings. The van der Waals surface area contributed by atoms with Gasteiger partial charge in [-0.3, -0.25) is 9.89 Å². The van der Waals surface area contributed by atoms with Crippen molar-refractivity contribution >= 4 is 34.2 Å². The minimum Gasteiger partial charge on any atom is -0.382 e. The van der Waals surface area contributed by atoms with Crippen molar-refractivity contribution in [3.63, 3.8) is 0 Å². The molecule has 0 bridgehead atoms. The van der Waals surface area contributed by atoms with E-state index >= 15 is 0 Å². The molecule has 116 valence electrons. The van der Waals surface area contributed by atoms with Crippen molar-refractivity contribution < 1.29 is 13.6 Å². The average molecular weight is 425 g/mol. The molecule has 1 heterocycles. The summed E-state index contributed by atoms with van der Waals surface area (Å²) < 4.78 is 28.0. The van der Waals surface area contributed by atoms with E-state index in [2.05, 4.69) is 32.8 Å². The lowest BCUT2D eigenvalue weighted by atomic mass is 9.99. The monoisotopic (exact) mass is 425 g/mol. The van der Waals surface area contributed by atoms with Gasteiger partial charge in [0.05, 0.1) is 11.3 Å². The van der Waals surface area contributed by atoms with Crippen molar-refractivity contribution in [1.82, 2.24) is 10.2 Å². The lowest BCUT2D eigenvalue weighted by Crippen LogP contribution is -2.06. The van der Waals surface area contributed by atoms with Gasteiger partial charge in [-0.05, 0) is 46.9 Å². The fraction of sp³-hybridized carbons (Fsp3) is 0. The third-order valence-corrected chi connectivity index (χ3v) is 3.98. The number of nitrogen functional groups attached to an aromatic ring is 1. The maximum absolute atomic E-state index is 14.0. The molecule has 0 aliphatic heterocycles. The predicted molar refractivity (Wildman–Crippen MR) is 90.9 cm³/mol. The summed E-state index contributed by atoms with van der Waals surface area (Å²) in [4.78, 5) is 12.7. The van der Waals surface area contributed by atoms with Gasteiger partial charge in [0, 0.05) is 20.8 Å². The summed E-state index contributed by atoms with van der Waals surface area (Å²) in [6.45, 7) is 0. The zero-order valence-corrected chi connectivity index (χ0v) is 13.8.